The van der Waals surface area contributed by atoms with Crippen LogP contribution in [0, 0.1) is 0 Å². The Labute approximate surface area is 211 Å². The molecule has 0 saturated heterocycles. The van der Waals surface area contributed by atoms with Gasteiger partial charge >= 0.3 is 5.97 Å². The monoisotopic (exact) mass is 497 g/mol. The van der Waals surface area contributed by atoms with E-state index in [1.165, 1.54) is 25.1 Å². The van der Waals surface area contributed by atoms with E-state index in [0.717, 1.165) is 5.39 Å². The predicted octanol–water partition coefficient (Wildman–Crippen LogP) is 4.64. The molecule has 0 aliphatic rings. The lowest BCUT2D eigenvalue weighted by atomic mass is 10.2. The lowest BCUT2D eigenvalue weighted by Crippen LogP contribution is -2.25. The first-order valence-electron chi connectivity index (χ1n) is 11.5. The first kappa shape index (κ1) is 23.8. The van der Waals surface area contributed by atoms with Crippen molar-refractivity contribution in [2.45, 2.75) is 13.0 Å². The van der Waals surface area contributed by atoms with Crippen molar-refractivity contribution in [2.75, 3.05) is 14.2 Å². The molecule has 3 aromatic carbocycles. The number of carbonyl (C=O) groups excluding carboxylic acids is 1. The SMILES string of the molecule is COC(=O)[C@@H](C)Oc1c(C=Nn2c(-c3cc4ccccc4o3)nc3ccccc3c2=O)cccc1OC. The summed E-state index contributed by atoms with van der Waals surface area (Å²) in [5.41, 5.74) is 1.29. The van der Waals surface area contributed by atoms with E-state index in [-0.39, 0.29) is 17.1 Å². The molecule has 0 aliphatic heterocycles. The molecular formula is C28H23N3O6. The maximum absolute atomic E-state index is 13.5. The highest BCUT2D eigenvalue weighted by atomic mass is 16.6. The Morgan fingerprint density at radius 2 is 1.84 bits per heavy atom. The first-order valence-corrected chi connectivity index (χ1v) is 11.5. The quantitative estimate of drug-likeness (QED) is 0.238. The molecule has 186 valence electrons. The van der Waals surface area contributed by atoms with Crippen LogP contribution in [0.1, 0.15) is 12.5 Å². The smallest absolute Gasteiger partial charge is 0.346 e. The van der Waals surface area contributed by atoms with E-state index in [1.807, 2.05) is 36.4 Å². The Hall–Kier alpha value is -4.92. The van der Waals surface area contributed by atoms with Gasteiger partial charge in [-0.05, 0) is 43.3 Å². The minimum Gasteiger partial charge on any atom is -0.493 e. The van der Waals surface area contributed by atoms with Crippen molar-refractivity contribution in [1.29, 1.82) is 0 Å². The van der Waals surface area contributed by atoms with Crippen LogP contribution < -0.4 is 15.0 Å². The van der Waals surface area contributed by atoms with Crippen LogP contribution in [-0.2, 0) is 9.53 Å². The van der Waals surface area contributed by atoms with E-state index in [1.54, 1.807) is 43.3 Å². The Morgan fingerprint density at radius 3 is 2.62 bits per heavy atom. The van der Waals surface area contributed by atoms with Gasteiger partial charge in [-0.1, -0.05) is 36.4 Å². The number of nitrogens with zero attached hydrogens (tertiary/aromatic N) is 3. The van der Waals surface area contributed by atoms with Crippen molar-refractivity contribution in [1.82, 2.24) is 9.66 Å². The number of fused-ring (bicyclic) bond motifs is 2. The zero-order chi connectivity index (χ0) is 25.9. The van der Waals surface area contributed by atoms with Gasteiger partial charge in [-0.2, -0.15) is 9.78 Å². The van der Waals surface area contributed by atoms with E-state index >= 15 is 0 Å². The van der Waals surface area contributed by atoms with Gasteiger partial charge in [-0.3, -0.25) is 4.79 Å². The van der Waals surface area contributed by atoms with Crippen molar-refractivity contribution >= 4 is 34.1 Å². The lowest BCUT2D eigenvalue weighted by Gasteiger charge is -2.17. The van der Waals surface area contributed by atoms with E-state index in [2.05, 4.69) is 5.10 Å². The molecule has 0 fully saturated rings. The van der Waals surface area contributed by atoms with Crippen LogP contribution in [0.3, 0.4) is 0 Å². The molecule has 5 rings (SSSR count). The van der Waals surface area contributed by atoms with E-state index in [4.69, 9.17) is 23.6 Å². The minimum absolute atomic E-state index is 0.240. The van der Waals surface area contributed by atoms with E-state index < -0.39 is 12.1 Å². The van der Waals surface area contributed by atoms with Crippen molar-refractivity contribution < 1.29 is 23.4 Å². The summed E-state index contributed by atoms with van der Waals surface area (Å²) >= 11 is 0. The molecule has 0 amide bonds. The van der Waals surface area contributed by atoms with Crippen molar-refractivity contribution in [3.8, 4) is 23.1 Å². The summed E-state index contributed by atoms with van der Waals surface area (Å²) in [4.78, 5) is 30.2. The summed E-state index contributed by atoms with van der Waals surface area (Å²) in [6, 6.07) is 21.5. The highest BCUT2D eigenvalue weighted by molar-refractivity contribution is 5.87. The van der Waals surface area contributed by atoms with Crippen LogP contribution in [-0.4, -0.2) is 42.2 Å². The highest BCUT2D eigenvalue weighted by Crippen LogP contribution is 2.32. The third-order valence-corrected chi connectivity index (χ3v) is 5.77. The molecule has 0 N–H and O–H groups in total. The Balaban J connectivity index is 1.66. The predicted molar refractivity (Wildman–Crippen MR) is 139 cm³/mol. The molecular weight excluding hydrogens is 474 g/mol. The maximum Gasteiger partial charge on any atom is 0.346 e. The third kappa shape index (κ3) is 4.54. The molecule has 2 heterocycles. The average molecular weight is 498 g/mol. The first-order chi connectivity index (χ1) is 18.0. The molecule has 0 radical (unpaired) electrons. The summed E-state index contributed by atoms with van der Waals surface area (Å²) in [6.07, 6.45) is 0.552. The fourth-order valence-electron chi connectivity index (χ4n) is 3.91. The minimum atomic E-state index is -0.899. The molecule has 0 unspecified atom stereocenters. The number of rotatable bonds is 7. The van der Waals surface area contributed by atoms with Gasteiger partial charge in [0.15, 0.2) is 23.4 Å². The van der Waals surface area contributed by atoms with Gasteiger partial charge in [-0.15, -0.1) is 0 Å². The lowest BCUT2D eigenvalue weighted by molar-refractivity contribution is -0.147. The summed E-state index contributed by atoms with van der Waals surface area (Å²) in [5.74, 6) is 0.753. The summed E-state index contributed by atoms with van der Waals surface area (Å²) in [7, 11) is 2.77. The standard InChI is InChI=1S/C28H23N3O6/c1-17(28(33)35-3)36-25-19(10-8-14-23(25)34-2)16-29-31-26(24-15-18-9-4-7-13-22(18)37-24)30-21-12-6-5-11-20(21)27(31)32/h4-17H,1-3H3/t17-/m1/s1. The normalized spacial score (nSPS) is 12.2. The van der Waals surface area contributed by atoms with Crippen LogP contribution >= 0.6 is 0 Å². The molecule has 2 aromatic heterocycles. The van der Waals surface area contributed by atoms with Gasteiger partial charge in [0.1, 0.15) is 5.58 Å². The van der Waals surface area contributed by atoms with Gasteiger partial charge in [-0.25, -0.2) is 9.78 Å². The number of hydrogen-bond donors (Lipinski definition) is 0. The van der Waals surface area contributed by atoms with Gasteiger partial charge in [0.2, 0.25) is 5.82 Å². The van der Waals surface area contributed by atoms with Gasteiger partial charge in [0.25, 0.3) is 5.56 Å². The second kappa shape index (κ2) is 9.98. The maximum atomic E-state index is 13.5. The summed E-state index contributed by atoms with van der Waals surface area (Å²) in [6.45, 7) is 1.57. The second-order valence-electron chi connectivity index (χ2n) is 8.12. The number of benzene rings is 3. The van der Waals surface area contributed by atoms with Gasteiger partial charge in [0.05, 0.1) is 31.3 Å². The number of furan rings is 1. The third-order valence-electron chi connectivity index (χ3n) is 5.77. The van der Waals surface area contributed by atoms with E-state index in [9.17, 15) is 9.59 Å². The Morgan fingerprint density at radius 1 is 1.05 bits per heavy atom. The molecule has 0 aliphatic carbocycles. The topological polar surface area (TPSA) is 105 Å². The molecule has 1 atom stereocenters. The number of esters is 1. The van der Waals surface area contributed by atoms with Crippen LogP contribution in [0.25, 0.3) is 33.5 Å². The summed E-state index contributed by atoms with van der Waals surface area (Å²) < 4.78 is 23.2. The molecule has 0 bridgehead atoms. The number of methoxy groups -OCH3 is 2. The van der Waals surface area contributed by atoms with Crippen LogP contribution in [0.4, 0.5) is 0 Å². The summed E-state index contributed by atoms with van der Waals surface area (Å²) in [5, 5.41) is 5.76. The molecule has 9 nitrogen and oxygen atoms in total. The zero-order valence-electron chi connectivity index (χ0n) is 20.4. The van der Waals surface area contributed by atoms with Crippen molar-refractivity contribution in [2.24, 2.45) is 5.10 Å². The number of aromatic nitrogens is 2. The number of hydrogen-bond acceptors (Lipinski definition) is 8. The fraction of sp³-hybridized carbons (Fsp3) is 0.143. The highest BCUT2D eigenvalue weighted by Gasteiger charge is 2.20. The number of carbonyl (C=O) groups is 1. The Bertz CT molecular complexity index is 1670. The molecule has 5 aromatic rings. The van der Waals surface area contributed by atoms with Gasteiger partial charge in [0, 0.05) is 10.9 Å². The molecule has 0 saturated carbocycles. The molecule has 37 heavy (non-hydrogen) atoms. The number of ether oxygens (including phenoxy) is 3. The van der Waals surface area contributed by atoms with Crippen molar-refractivity contribution in [3.63, 3.8) is 0 Å². The van der Waals surface area contributed by atoms with Gasteiger partial charge < -0.3 is 18.6 Å². The second-order valence-corrected chi connectivity index (χ2v) is 8.12. The largest absolute Gasteiger partial charge is 0.493 e. The van der Waals surface area contributed by atoms with Crippen LogP contribution in [0.5, 0.6) is 11.5 Å². The number of para-hydroxylation sites is 3. The molecule has 9 heteroatoms. The van der Waals surface area contributed by atoms with E-state index in [0.29, 0.717) is 33.6 Å². The zero-order valence-corrected chi connectivity index (χ0v) is 20.4. The Kier molecular flexibility index (Phi) is 6.42. The average Bonchev–Trinajstić information content (AvgIpc) is 3.36. The van der Waals surface area contributed by atoms with Crippen LogP contribution in [0.2, 0.25) is 0 Å². The fourth-order valence-corrected chi connectivity index (χ4v) is 3.91. The molecule has 0 spiro atoms. The van der Waals surface area contributed by atoms with Crippen LogP contribution in [0.15, 0.2) is 87.1 Å². The van der Waals surface area contributed by atoms with Crippen molar-refractivity contribution in [3.05, 3.63) is 88.7 Å².